The molecule has 1 unspecified atom stereocenters. The maximum Gasteiger partial charge on any atom is 0.214 e. The summed E-state index contributed by atoms with van der Waals surface area (Å²) in [5, 5.41) is 1.13. The van der Waals surface area contributed by atoms with Crippen LogP contribution in [-0.4, -0.2) is 4.98 Å². The fourth-order valence-corrected chi connectivity index (χ4v) is 2.09. The van der Waals surface area contributed by atoms with E-state index in [9.17, 15) is 0 Å². The lowest BCUT2D eigenvalue weighted by atomic mass is 10.1. The van der Waals surface area contributed by atoms with E-state index in [1.807, 2.05) is 61.5 Å². The summed E-state index contributed by atoms with van der Waals surface area (Å²) in [7, 11) is 0. The van der Waals surface area contributed by atoms with Crippen LogP contribution in [0.4, 0.5) is 0 Å². The van der Waals surface area contributed by atoms with Gasteiger partial charge in [-0.15, -0.1) is 0 Å². The van der Waals surface area contributed by atoms with Crippen LogP contribution < -0.4 is 4.74 Å². The van der Waals surface area contributed by atoms with E-state index in [1.54, 1.807) is 0 Å². The van der Waals surface area contributed by atoms with Crippen LogP contribution in [0.1, 0.15) is 18.6 Å². The highest BCUT2D eigenvalue weighted by atomic mass is 16.5. The number of pyridine rings is 1. The fraction of sp³-hybridized carbons (Fsp3) is 0.118. The summed E-state index contributed by atoms with van der Waals surface area (Å²) in [6.07, 6.45) is -0.00476. The number of benzene rings is 2. The molecule has 2 heteroatoms. The maximum atomic E-state index is 5.90. The fourth-order valence-electron chi connectivity index (χ4n) is 2.09. The van der Waals surface area contributed by atoms with Crippen LogP contribution in [0, 0.1) is 0 Å². The highest BCUT2D eigenvalue weighted by Gasteiger charge is 2.07. The van der Waals surface area contributed by atoms with Crippen molar-refractivity contribution in [2.75, 3.05) is 0 Å². The smallest absolute Gasteiger partial charge is 0.214 e. The molecule has 1 heterocycles. The number of aromatic nitrogens is 1. The van der Waals surface area contributed by atoms with Gasteiger partial charge in [0.15, 0.2) is 0 Å². The van der Waals surface area contributed by atoms with Gasteiger partial charge in [-0.1, -0.05) is 48.5 Å². The minimum atomic E-state index is -0.00476. The molecule has 2 nitrogen and oxygen atoms in total. The monoisotopic (exact) mass is 249 g/mol. The standard InChI is InChI=1S/C17H15NO/c1-13(14-7-3-2-4-8-14)19-17-12-11-15-9-5-6-10-16(15)18-17/h2-13H,1H3. The van der Waals surface area contributed by atoms with Crippen LogP contribution in [-0.2, 0) is 0 Å². The van der Waals surface area contributed by atoms with Crippen molar-refractivity contribution in [1.82, 2.24) is 4.98 Å². The number of hydrogen-bond donors (Lipinski definition) is 0. The normalized spacial score (nSPS) is 12.3. The molecule has 94 valence electrons. The third-order valence-corrected chi connectivity index (χ3v) is 3.14. The molecule has 19 heavy (non-hydrogen) atoms. The van der Waals surface area contributed by atoms with E-state index in [2.05, 4.69) is 17.1 Å². The van der Waals surface area contributed by atoms with Crippen molar-refractivity contribution < 1.29 is 4.74 Å². The van der Waals surface area contributed by atoms with Gasteiger partial charge in [-0.2, -0.15) is 0 Å². The Bertz CT molecular complexity index is 679. The van der Waals surface area contributed by atoms with Gasteiger partial charge in [0.05, 0.1) is 5.52 Å². The number of hydrogen-bond acceptors (Lipinski definition) is 2. The van der Waals surface area contributed by atoms with Gasteiger partial charge in [0.2, 0.25) is 5.88 Å². The van der Waals surface area contributed by atoms with Crippen molar-refractivity contribution >= 4 is 10.9 Å². The van der Waals surface area contributed by atoms with Gasteiger partial charge in [-0.25, -0.2) is 4.98 Å². The van der Waals surface area contributed by atoms with Gasteiger partial charge >= 0.3 is 0 Å². The average Bonchev–Trinajstić information content (AvgIpc) is 2.48. The Hall–Kier alpha value is -2.35. The average molecular weight is 249 g/mol. The van der Waals surface area contributed by atoms with Crippen LogP contribution >= 0.6 is 0 Å². The Morgan fingerprint density at radius 3 is 2.42 bits per heavy atom. The zero-order valence-corrected chi connectivity index (χ0v) is 10.8. The first-order valence-electron chi connectivity index (χ1n) is 6.40. The molecule has 0 aliphatic carbocycles. The summed E-state index contributed by atoms with van der Waals surface area (Å²) in [4.78, 5) is 4.52. The van der Waals surface area contributed by atoms with Gasteiger partial charge in [0, 0.05) is 11.5 Å². The first kappa shape index (κ1) is 11.7. The zero-order valence-electron chi connectivity index (χ0n) is 10.8. The molecule has 0 N–H and O–H groups in total. The van der Waals surface area contributed by atoms with E-state index in [4.69, 9.17) is 4.74 Å². The van der Waals surface area contributed by atoms with E-state index < -0.39 is 0 Å². The predicted octanol–water partition coefficient (Wildman–Crippen LogP) is 4.37. The van der Waals surface area contributed by atoms with Crippen molar-refractivity contribution in [1.29, 1.82) is 0 Å². The van der Waals surface area contributed by atoms with Crippen molar-refractivity contribution in [2.45, 2.75) is 13.0 Å². The molecule has 0 saturated carbocycles. The summed E-state index contributed by atoms with van der Waals surface area (Å²) in [6.45, 7) is 2.03. The van der Waals surface area contributed by atoms with E-state index in [0.29, 0.717) is 5.88 Å². The van der Waals surface area contributed by atoms with Crippen molar-refractivity contribution in [3.63, 3.8) is 0 Å². The van der Waals surface area contributed by atoms with E-state index in [-0.39, 0.29) is 6.10 Å². The number of fused-ring (bicyclic) bond motifs is 1. The lowest BCUT2D eigenvalue weighted by Gasteiger charge is -2.14. The highest BCUT2D eigenvalue weighted by Crippen LogP contribution is 2.22. The first-order chi connectivity index (χ1) is 9.33. The maximum absolute atomic E-state index is 5.90. The highest BCUT2D eigenvalue weighted by molar-refractivity contribution is 5.78. The zero-order chi connectivity index (χ0) is 13.1. The van der Waals surface area contributed by atoms with Crippen molar-refractivity contribution in [3.05, 3.63) is 72.3 Å². The molecule has 3 aromatic rings. The van der Waals surface area contributed by atoms with Crippen LogP contribution in [0.25, 0.3) is 10.9 Å². The van der Waals surface area contributed by atoms with Crippen LogP contribution in [0.5, 0.6) is 5.88 Å². The molecule has 0 saturated heterocycles. The topological polar surface area (TPSA) is 22.1 Å². The quantitative estimate of drug-likeness (QED) is 0.687. The van der Waals surface area contributed by atoms with Gasteiger partial charge in [-0.05, 0) is 24.6 Å². The molecule has 1 aromatic heterocycles. The van der Waals surface area contributed by atoms with Gasteiger partial charge in [0.1, 0.15) is 6.10 Å². The van der Waals surface area contributed by atoms with E-state index >= 15 is 0 Å². The first-order valence-corrected chi connectivity index (χ1v) is 6.40. The third kappa shape index (κ3) is 2.58. The summed E-state index contributed by atoms with van der Waals surface area (Å²) < 4.78 is 5.90. The minimum Gasteiger partial charge on any atom is -0.470 e. The summed E-state index contributed by atoms with van der Waals surface area (Å²) in [6, 6.07) is 22.2. The number of rotatable bonds is 3. The van der Waals surface area contributed by atoms with Crippen LogP contribution in [0.3, 0.4) is 0 Å². The Kier molecular flexibility index (Phi) is 3.15. The summed E-state index contributed by atoms with van der Waals surface area (Å²) in [5.41, 5.74) is 2.11. The minimum absolute atomic E-state index is 0.00476. The second-order valence-electron chi connectivity index (χ2n) is 4.51. The predicted molar refractivity (Wildman–Crippen MR) is 77.2 cm³/mol. The molecule has 0 bridgehead atoms. The number of ether oxygens (including phenoxy) is 1. The van der Waals surface area contributed by atoms with Gasteiger partial charge < -0.3 is 4.74 Å². The number of para-hydroxylation sites is 1. The molecule has 0 aliphatic rings. The Balaban J connectivity index is 1.85. The number of nitrogens with zero attached hydrogens (tertiary/aromatic N) is 1. The Morgan fingerprint density at radius 1 is 0.842 bits per heavy atom. The second kappa shape index (κ2) is 5.11. The Morgan fingerprint density at radius 2 is 1.58 bits per heavy atom. The lowest BCUT2D eigenvalue weighted by Crippen LogP contribution is -2.03. The largest absolute Gasteiger partial charge is 0.470 e. The molecule has 0 aliphatic heterocycles. The van der Waals surface area contributed by atoms with Crippen LogP contribution in [0.15, 0.2) is 66.7 Å². The molecule has 0 radical (unpaired) electrons. The lowest BCUT2D eigenvalue weighted by molar-refractivity contribution is 0.218. The van der Waals surface area contributed by atoms with E-state index in [0.717, 1.165) is 16.5 Å². The Labute approximate surface area is 112 Å². The molecule has 2 aromatic carbocycles. The molecule has 1 atom stereocenters. The van der Waals surface area contributed by atoms with Gasteiger partial charge in [-0.3, -0.25) is 0 Å². The van der Waals surface area contributed by atoms with E-state index in [1.165, 1.54) is 0 Å². The molecule has 3 rings (SSSR count). The molecule has 0 amide bonds. The van der Waals surface area contributed by atoms with Crippen molar-refractivity contribution in [2.24, 2.45) is 0 Å². The van der Waals surface area contributed by atoms with Crippen molar-refractivity contribution in [3.8, 4) is 5.88 Å². The molecule has 0 fully saturated rings. The molecule has 0 spiro atoms. The molecular weight excluding hydrogens is 234 g/mol. The SMILES string of the molecule is CC(Oc1ccc2ccccc2n1)c1ccccc1. The third-order valence-electron chi connectivity index (χ3n) is 3.14. The molecular formula is C17H15NO. The van der Waals surface area contributed by atoms with Crippen LogP contribution in [0.2, 0.25) is 0 Å². The second-order valence-corrected chi connectivity index (χ2v) is 4.51. The van der Waals surface area contributed by atoms with Gasteiger partial charge in [0.25, 0.3) is 0 Å². The summed E-state index contributed by atoms with van der Waals surface area (Å²) in [5.74, 6) is 0.662. The summed E-state index contributed by atoms with van der Waals surface area (Å²) >= 11 is 0.